The smallest absolute Gasteiger partial charge is 0.259 e. The van der Waals surface area contributed by atoms with Crippen LogP contribution in [0.3, 0.4) is 0 Å². The Balaban J connectivity index is 1.12. The lowest BCUT2D eigenvalue weighted by atomic mass is 9.69. The van der Waals surface area contributed by atoms with E-state index in [1.807, 2.05) is 13.2 Å². The molecule has 1 aromatic rings. The number of hydrogen-bond acceptors (Lipinski definition) is 9. The summed E-state index contributed by atoms with van der Waals surface area (Å²) in [5, 5.41) is 3.12. The first-order valence-electron chi connectivity index (χ1n) is 16.9. The predicted octanol–water partition coefficient (Wildman–Crippen LogP) is 1.86. The number of benzene rings is 1. The fourth-order valence-corrected chi connectivity index (χ4v) is 8.84. The number of morpholine rings is 1. The number of alkyl halides is 1. The number of hydrogen-bond donors (Lipinski definition) is 1. The summed E-state index contributed by atoms with van der Waals surface area (Å²) in [5.74, 6) is -0.520. The molecule has 7 rings (SSSR count). The van der Waals surface area contributed by atoms with Crippen molar-refractivity contribution in [3.05, 3.63) is 35.5 Å². The van der Waals surface area contributed by atoms with Crippen LogP contribution in [0.1, 0.15) is 48.9 Å². The number of nitrogens with zero attached hydrogens (tertiary/aromatic N) is 4. The van der Waals surface area contributed by atoms with Gasteiger partial charge in [0.2, 0.25) is 0 Å². The SMILES string of the molecule is COc1cccc(C(=O)NC2CCN(C3C(F)CC4C(=O)C(C(=O)N5CCN(C)CC5)=CN5C6CCCCC6OC3C45)C2)c1OC. The lowest BCUT2D eigenvalue weighted by molar-refractivity contribution is -0.210. The van der Waals surface area contributed by atoms with E-state index in [0.717, 1.165) is 38.8 Å². The summed E-state index contributed by atoms with van der Waals surface area (Å²) in [4.78, 5) is 49.4. The largest absolute Gasteiger partial charge is 0.493 e. The van der Waals surface area contributed by atoms with Gasteiger partial charge in [0.1, 0.15) is 6.17 Å². The van der Waals surface area contributed by atoms with E-state index < -0.39 is 24.2 Å². The summed E-state index contributed by atoms with van der Waals surface area (Å²) in [6.45, 7) is 3.77. The van der Waals surface area contributed by atoms with Gasteiger partial charge in [-0.25, -0.2) is 4.39 Å². The Morgan fingerprint density at radius 3 is 2.54 bits per heavy atom. The number of rotatable bonds is 6. The second-order valence-corrected chi connectivity index (χ2v) is 13.8. The third-order valence-corrected chi connectivity index (χ3v) is 11.2. The van der Waals surface area contributed by atoms with Crippen LogP contribution in [0, 0.1) is 5.92 Å². The van der Waals surface area contributed by atoms with Crippen molar-refractivity contribution in [2.45, 2.75) is 81.1 Å². The molecule has 0 aromatic heterocycles. The zero-order valence-corrected chi connectivity index (χ0v) is 27.0. The first-order valence-corrected chi connectivity index (χ1v) is 16.9. The van der Waals surface area contributed by atoms with Crippen LogP contribution < -0.4 is 14.8 Å². The van der Waals surface area contributed by atoms with E-state index in [1.165, 1.54) is 14.2 Å². The number of carbonyl (C=O) groups is 3. The Bertz CT molecular complexity index is 1380. The molecule has 12 heteroatoms. The molecule has 4 heterocycles. The van der Waals surface area contributed by atoms with E-state index in [2.05, 4.69) is 20.0 Å². The topological polar surface area (TPSA) is 104 Å². The molecule has 8 atom stereocenters. The Hall–Kier alpha value is -3.22. The van der Waals surface area contributed by atoms with E-state index in [-0.39, 0.29) is 53.8 Å². The number of likely N-dealkylation sites (tertiary alicyclic amines) is 1. The number of para-hydroxylation sites is 1. The normalized spacial score (nSPS) is 34.8. The Morgan fingerprint density at radius 1 is 1.00 bits per heavy atom. The number of carbonyl (C=O) groups excluding carboxylic acids is 3. The molecular formula is C34H46FN5O6. The summed E-state index contributed by atoms with van der Waals surface area (Å²) in [6, 6.07) is 4.21. The first kappa shape index (κ1) is 31.4. The molecule has 0 spiro atoms. The third kappa shape index (κ3) is 5.45. The van der Waals surface area contributed by atoms with Gasteiger partial charge < -0.3 is 34.2 Å². The molecule has 2 saturated carbocycles. The Morgan fingerprint density at radius 2 is 1.78 bits per heavy atom. The molecule has 11 nitrogen and oxygen atoms in total. The van der Waals surface area contributed by atoms with Crippen molar-refractivity contribution in [1.82, 2.24) is 24.9 Å². The van der Waals surface area contributed by atoms with Gasteiger partial charge in [-0.1, -0.05) is 18.9 Å². The molecule has 3 saturated heterocycles. The minimum absolute atomic E-state index is 0.0593. The number of ketones is 1. The summed E-state index contributed by atoms with van der Waals surface area (Å²) in [6.07, 6.45) is 4.57. The van der Waals surface area contributed by atoms with E-state index >= 15 is 4.39 Å². The van der Waals surface area contributed by atoms with Crippen LogP contribution >= 0.6 is 0 Å². The van der Waals surface area contributed by atoms with Gasteiger partial charge in [0.05, 0.1) is 55.7 Å². The highest BCUT2D eigenvalue weighted by Gasteiger charge is 2.60. The third-order valence-electron chi connectivity index (χ3n) is 11.2. The number of methoxy groups -OCH3 is 2. The van der Waals surface area contributed by atoms with Gasteiger partial charge in [0, 0.05) is 57.4 Å². The standard InChI is InChI=1S/C34H46FN5O6/c1-37-13-15-38(16-14-37)34(43)23-19-40-25-8-4-5-9-26(25)46-32-28(40)22(30(23)41)17-24(35)29(32)39-12-11-20(18-39)36-33(42)21-7-6-10-27(44-2)31(21)45-3/h6-7,10,19-20,22,24-26,28-29,32H,4-5,8-9,11-18H2,1-3H3,(H,36,42). The molecule has 0 bridgehead atoms. The maximum absolute atomic E-state index is 16.5. The van der Waals surface area contributed by atoms with Crippen LogP contribution in [-0.4, -0.2) is 140 Å². The van der Waals surface area contributed by atoms with Crippen LogP contribution in [0.15, 0.2) is 30.0 Å². The maximum atomic E-state index is 16.5. The van der Waals surface area contributed by atoms with Crippen LogP contribution in [0.4, 0.5) is 4.39 Å². The molecule has 250 valence electrons. The molecule has 46 heavy (non-hydrogen) atoms. The summed E-state index contributed by atoms with van der Waals surface area (Å²) in [5.41, 5.74) is 0.589. The van der Waals surface area contributed by atoms with Gasteiger partial charge in [0.25, 0.3) is 11.8 Å². The molecule has 0 radical (unpaired) electrons. The number of piperazine rings is 1. The second kappa shape index (κ2) is 12.8. The summed E-state index contributed by atoms with van der Waals surface area (Å²) >= 11 is 0. The van der Waals surface area contributed by atoms with Gasteiger partial charge in [0.15, 0.2) is 17.3 Å². The number of nitrogens with one attached hydrogen (secondary N) is 1. The van der Waals surface area contributed by atoms with Crippen molar-refractivity contribution in [3.63, 3.8) is 0 Å². The molecule has 8 unspecified atom stereocenters. The number of likely N-dealkylation sites (N-methyl/N-ethyl adjacent to an activating group) is 1. The number of Topliss-reactive ketones (excluding diaryl/α,β-unsaturated/α-hetero) is 1. The average molecular weight is 640 g/mol. The summed E-state index contributed by atoms with van der Waals surface area (Å²) in [7, 11) is 5.07. The Labute approximate surface area is 270 Å². The van der Waals surface area contributed by atoms with Crippen LogP contribution in [0.5, 0.6) is 11.5 Å². The van der Waals surface area contributed by atoms with Crippen molar-refractivity contribution < 1.29 is 33.0 Å². The van der Waals surface area contributed by atoms with E-state index in [1.54, 1.807) is 23.1 Å². The molecule has 1 aromatic carbocycles. The van der Waals surface area contributed by atoms with Crippen LogP contribution in [0.25, 0.3) is 0 Å². The highest BCUT2D eigenvalue weighted by molar-refractivity contribution is 6.20. The van der Waals surface area contributed by atoms with Crippen molar-refractivity contribution in [2.24, 2.45) is 5.92 Å². The highest BCUT2D eigenvalue weighted by Crippen LogP contribution is 2.47. The van der Waals surface area contributed by atoms with Gasteiger partial charge in [-0.2, -0.15) is 0 Å². The number of halogens is 1. The summed E-state index contributed by atoms with van der Waals surface area (Å²) < 4.78 is 34.1. The van der Waals surface area contributed by atoms with Crippen LogP contribution in [0.2, 0.25) is 0 Å². The molecule has 6 aliphatic rings. The lowest BCUT2D eigenvalue weighted by Crippen LogP contribution is -2.73. The molecule has 2 aliphatic carbocycles. The maximum Gasteiger partial charge on any atom is 0.259 e. The van der Waals surface area contributed by atoms with Crippen molar-refractivity contribution in [3.8, 4) is 11.5 Å². The van der Waals surface area contributed by atoms with Crippen LogP contribution in [-0.2, 0) is 14.3 Å². The fraction of sp³-hybridized carbons (Fsp3) is 0.676. The number of fused-ring (bicyclic) bond motifs is 2. The Kier molecular flexibility index (Phi) is 8.71. The van der Waals surface area contributed by atoms with Crippen molar-refractivity contribution in [1.29, 1.82) is 0 Å². The predicted molar refractivity (Wildman–Crippen MR) is 167 cm³/mol. The average Bonchev–Trinajstić information content (AvgIpc) is 3.52. The molecule has 2 amide bonds. The molecule has 4 aliphatic heterocycles. The zero-order valence-electron chi connectivity index (χ0n) is 27.0. The molecule has 5 fully saturated rings. The minimum atomic E-state index is -1.30. The van der Waals surface area contributed by atoms with Crippen molar-refractivity contribution >= 4 is 17.6 Å². The van der Waals surface area contributed by atoms with Gasteiger partial charge >= 0.3 is 0 Å². The zero-order chi connectivity index (χ0) is 32.1. The quantitative estimate of drug-likeness (QED) is 0.468. The van der Waals surface area contributed by atoms with E-state index in [0.29, 0.717) is 49.7 Å². The number of ether oxygens (including phenoxy) is 3. The van der Waals surface area contributed by atoms with E-state index in [9.17, 15) is 14.4 Å². The van der Waals surface area contributed by atoms with Gasteiger partial charge in [-0.05, 0) is 44.9 Å². The van der Waals surface area contributed by atoms with Crippen molar-refractivity contribution in [2.75, 3.05) is 60.5 Å². The fourth-order valence-electron chi connectivity index (χ4n) is 8.84. The van der Waals surface area contributed by atoms with Gasteiger partial charge in [-0.3, -0.25) is 19.3 Å². The second-order valence-electron chi connectivity index (χ2n) is 13.8. The molecular weight excluding hydrogens is 593 g/mol. The first-order chi connectivity index (χ1) is 22.3. The monoisotopic (exact) mass is 639 g/mol. The molecule has 1 N–H and O–H groups in total. The minimum Gasteiger partial charge on any atom is -0.493 e. The lowest BCUT2D eigenvalue weighted by Gasteiger charge is -2.60. The highest BCUT2D eigenvalue weighted by atomic mass is 19.1. The number of amides is 2. The van der Waals surface area contributed by atoms with E-state index in [4.69, 9.17) is 14.2 Å². The van der Waals surface area contributed by atoms with Gasteiger partial charge in [-0.15, -0.1) is 0 Å².